The van der Waals surface area contributed by atoms with Crippen LogP contribution in [0.4, 0.5) is 0 Å². The van der Waals surface area contributed by atoms with Crippen molar-refractivity contribution in [2.45, 2.75) is 32.6 Å². The summed E-state index contributed by atoms with van der Waals surface area (Å²) < 4.78 is 0. The number of nitrogens with zero attached hydrogens (tertiary/aromatic N) is 2. The van der Waals surface area contributed by atoms with Gasteiger partial charge in [0.1, 0.15) is 0 Å². The van der Waals surface area contributed by atoms with Crippen LogP contribution in [0.1, 0.15) is 43.0 Å². The van der Waals surface area contributed by atoms with Gasteiger partial charge in [0.05, 0.1) is 0 Å². The quantitative estimate of drug-likeness (QED) is 0.809. The highest BCUT2D eigenvalue weighted by atomic mass is 16.2. The van der Waals surface area contributed by atoms with Crippen LogP contribution in [0, 0.1) is 11.8 Å². The molecule has 2 aliphatic heterocycles. The van der Waals surface area contributed by atoms with Gasteiger partial charge in [-0.15, -0.1) is 0 Å². The number of piperidine rings is 2. The number of likely N-dealkylation sites (tertiary alicyclic amines) is 2. The lowest BCUT2D eigenvalue weighted by Gasteiger charge is -2.37. The molecule has 142 valence electrons. The van der Waals surface area contributed by atoms with E-state index < -0.39 is 0 Å². The zero-order valence-corrected chi connectivity index (χ0v) is 16.1. The fourth-order valence-corrected chi connectivity index (χ4v) is 4.56. The van der Waals surface area contributed by atoms with Gasteiger partial charge in [0, 0.05) is 37.7 Å². The van der Waals surface area contributed by atoms with Gasteiger partial charge in [-0.05, 0) is 48.4 Å². The molecule has 2 heterocycles. The van der Waals surface area contributed by atoms with Crippen molar-refractivity contribution in [3.05, 3.63) is 48.0 Å². The molecule has 0 spiro atoms. The molecule has 2 saturated heterocycles. The summed E-state index contributed by atoms with van der Waals surface area (Å²) in [5, 5.41) is 2.10. The number of hydrogen-bond acceptors (Lipinski definition) is 2. The lowest BCUT2D eigenvalue weighted by molar-refractivity contribution is -0.138. The van der Waals surface area contributed by atoms with Crippen LogP contribution in [0.25, 0.3) is 10.8 Å². The third kappa shape index (κ3) is 3.71. The number of fused-ring (bicyclic) bond motifs is 1. The lowest BCUT2D eigenvalue weighted by Crippen LogP contribution is -2.47. The number of hydrogen-bond donors (Lipinski definition) is 0. The summed E-state index contributed by atoms with van der Waals surface area (Å²) in [7, 11) is 0. The molecule has 27 heavy (non-hydrogen) atoms. The monoisotopic (exact) mass is 364 g/mol. The van der Waals surface area contributed by atoms with Crippen LogP contribution in [0.5, 0.6) is 0 Å². The Balaban J connectivity index is 1.41. The van der Waals surface area contributed by atoms with Crippen molar-refractivity contribution in [3.8, 4) is 0 Å². The Labute approximate surface area is 161 Å². The van der Waals surface area contributed by atoms with E-state index in [2.05, 4.69) is 11.8 Å². The number of carbonyl (C=O) groups excluding carboxylic acids is 2. The van der Waals surface area contributed by atoms with E-state index in [0.29, 0.717) is 24.9 Å². The lowest BCUT2D eigenvalue weighted by atomic mass is 9.92. The van der Waals surface area contributed by atoms with Gasteiger partial charge in [-0.1, -0.05) is 43.3 Å². The summed E-state index contributed by atoms with van der Waals surface area (Å²) in [5.74, 6) is 1.07. The summed E-state index contributed by atoms with van der Waals surface area (Å²) in [6.45, 7) is 5.36. The van der Waals surface area contributed by atoms with Gasteiger partial charge in [0.15, 0.2) is 0 Å². The SMILES string of the molecule is CC1CCCN(C(=O)C2CCN(C(=O)c3cccc4ccccc34)CC2)C1. The minimum absolute atomic E-state index is 0.0758. The van der Waals surface area contributed by atoms with Gasteiger partial charge >= 0.3 is 0 Å². The molecule has 2 aliphatic rings. The van der Waals surface area contributed by atoms with Gasteiger partial charge in [0.2, 0.25) is 5.91 Å². The second-order valence-electron chi connectivity index (χ2n) is 8.12. The predicted octanol–water partition coefficient (Wildman–Crippen LogP) is 3.95. The number of rotatable bonds is 2. The van der Waals surface area contributed by atoms with Crippen molar-refractivity contribution >= 4 is 22.6 Å². The van der Waals surface area contributed by atoms with E-state index in [1.807, 2.05) is 47.4 Å². The van der Waals surface area contributed by atoms with Gasteiger partial charge in [-0.2, -0.15) is 0 Å². The van der Waals surface area contributed by atoms with Crippen LogP contribution < -0.4 is 0 Å². The standard InChI is InChI=1S/C23H28N2O2/c1-17-6-5-13-25(16-17)22(26)19-11-14-24(15-12-19)23(27)21-10-4-8-18-7-2-3-9-20(18)21/h2-4,7-10,17,19H,5-6,11-16H2,1H3. The summed E-state index contributed by atoms with van der Waals surface area (Å²) in [4.78, 5) is 29.9. The van der Waals surface area contributed by atoms with Gasteiger partial charge in [-0.3, -0.25) is 9.59 Å². The zero-order valence-electron chi connectivity index (χ0n) is 16.1. The van der Waals surface area contributed by atoms with Gasteiger partial charge in [0.25, 0.3) is 5.91 Å². The predicted molar refractivity (Wildman–Crippen MR) is 108 cm³/mol. The summed E-state index contributed by atoms with van der Waals surface area (Å²) in [6.07, 6.45) is 3.90. The molecule has 0 saturated carbocycles. The van der Waals surface area contributed by atoms with Crippen molar-refractivity contribution in [3.63, 3.8) is 0 Å². The fourth-order valence-electron chi connectivity index (χ4n) is 4.56. The van der Waals surface area contributed by atoms with Crippen LogP contribution >= 0.6 is 0 Å². The topological polar surface area (TPSA) is 40.6 Å². The van der Waals surface area contributed by atoms with Gasteiger partial charge < -0.3 is 9.80 Å². The van der Waals surface area contributed by atoms with Crippen LogP contribution in [-0.4, -0.2) is 47.8 Å². The van der Waals surface area contributed by atoms with Crippen molar-refractivity contribution in [2.75, 3.05) is 26.2 Å². The maximum absolute atomic E-state index is 13.1. The Bertz CT molecular complexity index is 834. The molecule has 4 rings (SSSR count). The highest BCUT2D eigenvalue weighted by Gasteiger charge is 2.32. The molecule has 0 bridgehead atoms. The first-order valence-electron chi connectivity index (χ1n) is 10.2. The fraction of sp³-hybridized carbons (Fsp3) is 0.478. The normalized spacial score (nSPS) is 21.4. The van der Waals surface area contributed by atoms with Crippen molar-refractivity contribution in [1.29, 1.82) is 0 Å². The summed E-state index contributed by atoms with van der Waals surface area (Å²) in [6, 6.07) is 13.9. The van der Waals surface area contributed by atoms with Crippen LogP contribution in [-0.2, 0) is 4.79 Å². The average molecular weight is 364 g/mol. The van der Waals surface area contributed by atoms with Crippen LogP contribution in [0.15, 0.2) is 42.5 Å². The molecule has 0 aromatic heterocycles. The first-order valence-corrected chi connectivity index (χ1v) is 10.2. The molecule has 0 aliphatic carbocycles. The Kier molecular flexibility index (Phi) is 5.15. The van der Waals surface area contributed by atoms with E-state index in [9.17, 15) is 9.59 Å². The molecule has 1 atom stereocenters. The molecule has 0 N–H and O–H groups in total. The van der Waals surface area contributed by atoms with E-state index in [0.717, 1.165) is 48.7 Å². The summed E-state index contributed by atoms with van der Waals surface area (Å²) >= 11 is 0. The van der Waals surface area contributed by atoms with Crippen LogP contribution in [0.3, 0.4) is 0 Å². The Morgan fingerprint density at radius 1 is 0.889 bits per heavy atom. The molecule has 2 fully saturated rings. The highest BCUT2D eigenvalue weighted by molar-refractivity contribution is 6.07. The van der Waals surface area contributed by atoms with E-state index in [1.54, 1.807) is 0 Å². The first-order chi connectivity index (χ1) is 13.1. The van der Waals surface area contributed by atoms with Gasteiger partial charge in [-0.25, -0.2) is 0 Å². The summed E-state index contributed by atoms with van der Waals surface area (Å²) in [5.41, 5.74) is 0.766. The first kappa shape index (κ1) is 18.0. The molecule has 1 unspecified atom stereocenters. The van der Waals surface area contributed by atoms with E-state index in [1.165, 1.54) is 6.42 Å². The maximum Gasteiger partial charge on any atom is 0.254 e. The molecule has 2 amide bonds. The molecule has 2 aromatic carbocycles. The minimum atomic E-state index is 0.0758. The van der Waals surface area contributed by atoms with Crippen LogP contribution in [0.2, 0.25) is 0 Å². The molecular weight excluding hydrogens is 336 g/mol. The Morgan fingerprint density at radius 2 is 1.63 bits per heavy atom. The maximum atomic E-state index is 13.1. The molecule has 2 aromatic rings. The third-order valence-corrected chi connectivity index (χ3v) is 6.12. The second-order valence-corrected chi connectivity index (χ2v) is 8.12. The number of carbonyl (C=O) groups is 2. The van der Waals surface area contributed by atoms with E-state index in [-0.39, 0.29) is 11.8 Å². The average Bonchev–Trinajstić information content (AvgIpc) is 2.72. The van der Waals surface area contributed by atoms with Crippen molar-refractivity contribution < 1.29 is 9.59 Å². The van der Waals surface area contributed by atoms with E-state index in [4.69, 9.17) is 0 Å². The minimum Gasteiger partial charge on any atom is -0.342 e. The highest BCUT2D eigenvalue weighted by Crippen LogP contribution is 2.26. The third-order valence-electron chi connectivity index (χ3n) is 6.12. The molecule has 4 heteroatoms. The molecular formula is C23H28N2O2. The molecule has 0 radical (unpaired) electrons. The largest absolute Gasteiger partial charge is 0.342 e. The smallest absolute Gasteiger partial charge is 0.254 e. The number of benzene rings is 2. The Hall–Kier alpha value is -2.36. The van der Waals surface area contributed by atoms with Crippen molar-refractivity contribution in [1.82, 2.24) is 9.80 Å². The Morgan fingerprint density at radius 3 is 2.41 bits per heavy atom. The van der Waals surface area contributed by atoms with Crippen molar-refractivity contribution in [2.24, 2.45) is 11.8 Å². The number of amides is 2. The molecule has 4 nitrogen and oxygen atoms in total. The zero-order chi connectivity index (χ0) is 18.8. The second kappa shape index (κ2) is 7.71. The van der Waals surface area contributed by atoms with E-state index >= 15 is 0 Å².